The van der Waals surface area contributed by atoms with E-state index in [1.165, 1.54) is 5.57 Å². The second-order valence-electron chi connectivity index (χ2n) is 6.72. The molecule has 0 saturated carbocycles. The first-order chi connectivity index (χ1) is 12.5. The Kier molecular flexibility index (Phi) is 5.45. The zero-order valence-corrected chi connectivity index (χ0v) is 16.0. The van der Waals surface area contributed by atoms with Crippen molar-refractivity contribution < 1.29 is 9.53 Å². The molecule has 5 heteroatoms. The van der Waals surface area contributed by atoms with E-state index < -0.39 is 0 Å². The second kappa shape index (κ2) is 7.77. The van der Waals surface area contributed by atoms with E-state index in [9.17, 15) is 4.79 Å². The van der Waals surface area contributed by atoms with Gasteiger partial charge in [-0.2, -0.15) is 0 Å². The minimum absolute atomic E-state index is 0.127. The molecule has 0 saturated heterocycles. The molecule has 0 spiro atoms. The Hall–Kier alpha value is -2.56. The number of fused-ring (bicyclic) bond motifs is 1. The van der Waals surface area contributed by atoms with Crippen molar-refractivity contribution in [2.45, 2.75) is 46.2 Å². The maximum atomic E-state index is 11.2. The number of aliphatic imine (C=N–C) groups is 1. The highest BCUT2D eigenvalue weighted by Crippen LogP contribution is 2.34. The third kappa shape index (κ3) is 3.66. The normalized spacial score (nSPS) is 18.9. The molecule has 0 radical (unpaired) electrons. The summed E-state index contributed by atoms with van der Waals surface area (Å²) in [6, 6.07) is 8.48. The van der Waals surface area contributed by atoms with Crippen molar-refractivity contribution in [3.05, 3.63) is 53.5 Å². The maximum absolute atomic E-state index is 11.2. The lowest BCUT2D eigenvalue weighted by atomic mass is 10.1. The predicted molar refractivity (Wildman–Crippen MR) is 105 cm³/mol. The van der Waals surface area contributed by atoms with Crippen LogP contribution in [0.15, 0.2) is 52.9 Å². The third-order valence-electron chi connectivity index (χ3n) is 4.70. The van der Waals surface area contributed by atoms with Crippen LogP contribution < -0.4 is 4.90 Å². The van der Waals surface area contributed by atoms with E-state index in [0.717, 1.165) is 35.5 Å². The number of carbonyl (C=O) groups is 1. The Morgan fingerprint density at radius 3 is 2.58 bits per heavy atom. The SMILES string of the molecule is CCC(=O)OCCc1ccc(N2C3=CN(C)C=C(C)C3=NC2CC)cc1. The van der Waals surface area contributed by atoms with Crippen LogP contribution in [0.3, 0.4) is 0 Å². The van der Waals surface area contributed by atoms with Crippen molar-refractivity contribution in [2.75, 3.05) is 18.6 Å². The van der Waals surface area contributed by atoms with Crippen molar-refractivity contribution >= 4 is 17.4 Å². The summed E-state index contributed by atoms with van der Waals surface area (Å²) in [5.74, 6) is -0.147. The predicted octanol–water partition coefficient (Wildman–Crippen LogP) is 3.87. The van der Waals surface area contributed by atoms with Gasteiger partial charge in [0, 0.05) is 38.0 Å². The topological polar surface area (TPSA) is 45.1 Å². The van der Waals surface area contributed by atoms with Gasteiger partial charge in [-0.25, -0.2) is 0 Å². The smallest absolute Gasteiger partial charge is 0.305 e. The van der Waals surface area contributed by atoms with Gasteiger partial charge >= 0.3 is 5.97 Å². The van der Waals surface area contributed by atoms with Crippen LogP contribution in [-0.2, 0) is 16.0 Å². The van der Waals surface area contributed by atoms with Gasteiger partial charge in [-0.1, -0.05) is 26.0 Å². The fourth-order valence-corrected chi connectivity index (χ4v) is 3.36. The number of anilines is 1. The Bertz CT molecular complexity index is 762. The van der Waals surface area contributed by atoms with Gasteiger partial charge in [0.1, 0.15) is 6.17 Å². The summed E-state index contributed by atoms with van der Waals surface area (Å²) in [4.78, 5) is 20.6. The maximum Gasteiger partial charge on any atom is 0.305 e. The van der Waals surface area contributed by atoms with E-state index in [4.69, 9.17) is 9.73 Å². The molecule has 1 aromatic carbocycles. The van der Waals surface area contributed by atoms with Crippen molar-refractivity contribution in [3.63, 3.8) is 0 Å². The minimum atomic E-state index is -0.147. The molecule has 1 atom stereocenters. The molecule has 0 fully saturated rings. The highest BCUT2D eigenvalue weighted by atomic mass is 16.5. The second-order valence-corrected chi connectivity index (χ2v) is 6.72. The molecule has 138 valence electrons. The average Bonchev–Trinajstić information content (AvgIpc) is 3.01. The quantitative estimate of drug-likeness (QED) is 0.728. The minimum Gasteiger partial charge on any atom is -0.465 e. The third-order valence-corrected chi connectivity index (χ3v) is 4.70. The highest BCUT2D eigenvalue weighted by molar-refractivity contribution is 6.16. The van der Waals surface area contributed by atoms with E-state index in [2.05, 4.69) is 60.3 Å². The lowest BCUT2D eigenvalue weighted by Crippen LogP contribution is -2.31. The Morgan fingerprint density at radius 1 is 1.19 bits per heavy atom. The molecule has 0 N–H and O–H groups in total. The number of hydrogen-bond donors (Lipinski definition) is 0. The molecular formula is C21H27N3O2. The van der Waals surface area contributed by atoms with Gasteiger partial charge in [0.05, 0.1) is 18.0 Å². The summed E-state index contributed by atoms with van der Waals surface area (Å²) in [6.07, 6.45) is 6.48. The standard InChI is InChI=1S/C21H27N3O2/c1-5-19-22-21-15(3)13-23(4)14-18(21)24(19)17-9-7-16(8-10-17)11-12-26-20(25)6-2/h7-10,13-14,19H,5-6,11-12H2,1-4H3. The van der Waals surface area contributed by atoms with Crippen LogP contribution in [0.25, 0.3) is 0 Å². The number of allylic oxidation sites excluding steroid dienone is 1. The summed E-state index contributed by atoms with van der Waals surface area (Å²) in [5.41, 5.74) is 5.74. The van der Waals surface area contributed by atoms with Crippen LogP contribution in [0.5, 0.6) is 0 Å². The Labute approximate surface area is 155 Å². The fraction of sp³-hybridized carbons (Fsp3) is 0.429. The lowest BCUT2D eigenvalue weighted by Gasteiger charge is -2.29. The molecule has 26 heavy (non-hydrogen) atoms. The van der Waals surface area contributed by atoms with Gasteiger partial charge in [-0.15, -0.1) is 0 Å². The lowest BCUT2D eigenvalue weighted by molar-refractivity contribution is -0.143. The molecule has 0 aliphatic carbocycles. The fourth-order valence-electron chi connectivity index (χ4n) is 3.36. The van der Waals surface area contributed by atoms with Crippen molar-refractivity contribution in [1.82, 2.24) is 4.90 Å². The Balaban J connectivity index is 1.75. The molecule has 0 aromatic heterocycles. The van der Waals surface area contributed by atoms with Gasteiger partial charge in [-0.05, 0) is 36.6 Å². The van der Waals surface area contributed by atoms with E-state index in [1.54, 1.807) is 0 Å². The Morgan fingerprint density at radius 2 is 1.92 bits per heavy atom. The first kappa shape index (κ1) is 18.2. The zero-order chi connectivity index (χ0) is 18.7. The first-order valence-electron chi connectivity index (χ1n) is 9.28. The number of carbonyl (C=O) groups excluding carboxylic acids is 1. The monoisotopic (exact) mass is 353 g/mol. The summed E-state index contributed by atoms with van der Waals surface area (Å²) in [5, 5.41) is 0. The molecule has 2 aliphatic rings. The van der Waals surface area contributed by atoms with Crippen LogP contribution in [-0.4, -0.2) is 36.4 Å². The van der Waals surface area contributed by atoms with Crippen molar-refractivity contribution in [3.8, 4) is 0 Å². The molecule has 1 unspecified atom stereocenters. The molecular weight excluding hydrogens is 326 g/mol. The van der Waals surface area contributed by atoms with Gasteiger partial charge in [0.15, 0.2) is 0 Å². The summed E-state index contributed by atoms with van der Waals surface area (Å²) >= 11 is 0. The number of esters is 1. The molecule has 2 aliphatic heterocycles. The van der Waals surface area contributed by atoms with Crippen molar-refractivity contribution in [1.29, 1.82) is 0 Å². The van der Waals surface area contributed by atoms with Gasteiger partial charge in [0.25, 0.3) is 0 Å². The van der Waals surface area contributed by atoms with Crippen LogP contribution in [0.2, 0.25) is 0 Å². The van der Waals surface area contributed by atoms with E-state index in [1.807, 2.05) is 14.0 Å². The molecule has 2 heterocycles. The number of nitrogens with zero attached hydrogens (tertiary/aromatic N) is 3. The molecule has 3 rings (SSSR count). The average molecular weight is 353 g/mol. The van der Waals surface area contributed by atoms with Gasteiger partial charge in [-0.3, -0.25) is 9.79 Å². The molecule has 0 amide bonds. The van der Waals surface area contributed by atoms with Crippen LogP contribution >= 0.6 is 0 Å². The molecule has 0 bridgehead atoms. The molecule has 1 aromatic rings. The van der Waals surface area contributed by atoms with Gasteiger partial charge in [0.2, 0.25) is 0 Å². The zero-order valence-electron chi connectivity index (χ0n) is 16.0. The number of rotatable bonds is 6. The largest absolute Gasteiger partial charge is 0.465 e. The van der Waals surface area contributed by atoms with Crippen LogP contribution in [0, 0.1) is 0 Å². The van der Waals surface area contributed by atoms with Crippen molar-refractivity contribution in [2.24, 2.45) is 4.99 Å². The first-order valence-corrected chi connectivity index (χ1v) is 9.28. The number of hydrogen-bond acceptors (Lipinski definition) is 5. The summed E-state index contributed by atoms with van der Waals surface area (Å²) in [6.45, 7) is 6.51. The van der Waals surface area contributed by atoms with Crippen LogP contribution in [0.4, 0.5) is 5.69 Å². The molecule has 5 nitrogen and oxygen atoms in total. The highest BCUT2D eigenvalue weighted by Gasteiger charge is 2.33. The summed E-state index contributed by atoms with van der Waals surface area (Å²) < 4.78 is 5.17. The number of ether oxygens (including phenoxy) is 1. The van der Waals surface area contributed by atoms with E-state index >= 15 is 0 Å². The number of benzene rings is 1. The van der Waals surface area contributed by atoms with Crippen LogP contribution in [0.1, 0.15) is 39.2 Å². The van der Waals surface area contributed by atoms with Gasteiger partial charge < -0.3 is 14.5 Å². The summed E-state index contributed by atoms with van der Waals surface area (Å²) in [7, 11) is 2.05. The van der Waals surface area contributed by atoms with E-state index in [-0.39, 0.29) is 12.1 Å². The van der Waals surface area contributed by atoms with E-state index in [0.29, 0.717) is 13.0 Å².